The second kappa shape index (κ2) is 6.08. The highest BCUT2D eigenvalue weighted by atomic mass is 32.2. The minimum Gasteiger partial charge on any atom is -0.379 e. The number of likely N-dealkylation sites (tertiary alicyclic amines) is 1. The van der Waals surface area contributed by atoms with Crippen LogP contribution in [0.2, 0.25) is 0 Å². The number of nitrogens with zero attached hydrogens (tertiary/aromatic N) is 2. The summed E-state index contributed by atoms with van der Waals surface area (Å²) in [6, 6.07) is 2.48. The van der Waals surface area contributed by atoms with Crippen LogP contribution in [0.3, 0.4) is 0 Å². The van der Waals surface area contributed by atoms with Crippen molar-refractivity contribution in [3.8, 4) is 6.07 Å². The zero-order valence-corrected chi connectivity index (χ0v) is 12.3. The summed E-state index contributed by atoms with van der Waals surface area (Å²) < 4.78 is 5.30. The Hall–Kier alpha value is -0.240. The van der Waals surface area contributed by atoms with Crippen molar-refractivity contribution in [3.05, 3.63) is 0 Å². The van der Waals surface area contributed by atoms with Crippen LogP contribution in [0.4, 0.5) is 0 Å². The molecular formula is C13H24N2OS. The van der Waals surface area contributed by atoms with Gasteiger partial charge in [-0.2, -0.15) is 5.26 Å². The van der Waals surface area contributed by atoms with Crippen LogP contribution in [-0.4, -0.2) is 48.2 Å². The summed E-state index contributed by atoms with van der Waals surface area (Å²) in [5, 5.41) is 9.22. The van der Waals surface area contributed by atoms with E-state index in [1.54, 1.807) is 18.9 Å². The topological polar surface area (TPSA) is 36.3 Å². The first-order chi connectivity index (χ1) is 7.97. The van der Waals surface area contributed by atoms with Gasteiger partial charge in [-0.05, 0) is 39.4 Å². The van der Waals surface area contributed by atoms with Crippen molar-refractivity contribution in [3.63, 3.8) is 0 Å². The molecule has 1 heterocycles. The fourth-order valence-electron chi connectivity index (χ4n) is 2.03. The van der Waals surface area contributed by atoms with Crippen LogP contribution < -0.4 is 0 Å². The molecule has 1 saturated heterocycles. The summed E-state index contributed by atoms with van der Waals surface area (Å²) in [5.41, 5.74) is -0.0384. The monoisotopic (exact) mass is 256 g/mol. The van der Waals surface area contributed by atoms with Crippen LogP contribution in [0.1, 0.15) is 33.1 Å². The highest BCUT2D eigenvalue weighted by molar-refractivity contribution is 8.00. The summed E-state index contributed by atoms with van der Waals surface area (Å²) in [6.07, 6.45) is 5.06. The first-order valence-electron chi connectivity index (χ1n) is 6.21. The Morgan fingerprint density at radius 1 is 1.41 bits per heavy atom. The lowest BCUT2D eigenvalue weighted by molar-refractivity contribution is 0.00584. The summed E-state index contributed by atoms with van der Waals surface area (Å²) in [6.45, 7) is 7.38. The number of piperidine rings is 1. The normalized spacial score (nSPS) is 21.1. The second-order valence-electron chi connectivity index (χ2n) is 5.37. The molecule has 0 aliphatic carbocycles. The molecule has 0 aromatic carbocycles. The molecule has 0 bridgehead atoms. The van der Waals surface area contributed by atoms with Crippen molar-refractivity contribution in [1.82, 2.24) is 4.90 Å². The Kier molecular flexibility index (Phi) is 5.30. The van der Waals surface area contributed by atoms with E-state index in [4.69, 9.17) is 4.74 Å². The van der Waals surface area contributed by atoms with Crippen molar-refractivity contribution < 1.29 is 4.74 Å². The van der Waals surface area contributed by atoms with E-state index < -0.39 is 0 Å². The smallest absolute Gasteiger partial charge is 0.104 e. The Morgan fingerprint density at radius 2 is 2.00 bits per heavy atom. The van der Waals surface area contributed by atoms with Gasteiger partial charge >= 0.3 is 0 Å². The third-order valence-corrected chi connectivity index (χ3v) is 5.12. The van der Waals surface area contributed by atoms with Gasteiger partial charge in [0.2, 0.25) is 0 Å². The maximum atomic E-state index is 9.22. The van der Waals surface area contributed by atoms with E-state index in [-0.39, 0.29) is 10.3 Å². The van der Waals surface area contributed by atoms with Crippen molar-refractivity contribution in [2.24, 2.45) is 0 Å². The molecule has 98 valence electrons. The molecule has 17 heavy (non-hydrogen) atoms. The lowest BCUT2D eigenvalue weighted by atomic mass is 9.96. The number of hydrogen-bond donors (Lipinski definition) is 0. The molecule has 0 spiro atoms. The fraction of sp³-hybridized carbons (Fsp3) is 0.923. The van der Waals surface area contributed by atoms with Gasteiger partial charge in [0.1, 0.15) is 4.75 Å². The molecule has 0 radical (unpaired) electrons. The van der Waals surface area contributed by atoms with E-state index in [9.17, 15) is 5.26 Å². The SMILES string of the molecule is COC(C)(C)CCN1CCC(C#N)(SC)CC1. The van der Waals surface area contributed by atoms with Gasteiger partial charge in [0.25, 0.3) is 0 Å². The van der Waals surface area contributed by atoms with Gasteiger partial charge in [0.05, 0.1) is 11.7 Å². The molecule has 1 rings (SSSR count). The van der Waals surface area contributed by atoms with Crippen LogP contribution in [0.5, 0.6) is 0 Å². The van der Waals surface area contributed by atoms with E-state index in [0.717, 1.165) is 38.9 Å². The van der Waals surface area contributed by atoms with Gasteiger partial charge in [0, 0.05) is 26.7 Å². The van der Waals surface area contributed by atoms with Crippen molar-refractivity contribution in [2.45, 2.75) is 43.5 Å². The average Bonchev–Trinajstić information content (AvgIpc) is 2.37. The van der Waals surface area contributed by atoms with Gasteiger partial charge in [-0.15, -0.1) is 11.8 Å². The molecule has 0 amide bonds. The van der Waals surface area contributed by atoms with Gasteiger partial charge in [-0.1, -0.05) is 0 Å². The molecule has 4 heteroatoms. The largest absolute Gasteiger partial charge is 0.379 e. The van der Waals surface area contributed by atoms with Crippen molar-refractivity contribution in [1.29, 1.82) is 5.26 Å². The van der Waals surface area contributed by atoms with Crippen LogP contribution >= 0.6 is 11.8 Å². The summed E-state index contributed by atoms with van der Waals surface area (Å²) in [5.74, 6) is 0. The molecule has 1 aliphatic heterocycles. The summed E-state index contributed by atoms with van der Waals surface area (Å²) in [4.78, 5) is 2.45. The molecule has 1 aliphatic rings. The van der Waals surface area contributed by atoms with E-state index in [0.29, 0.717) is 0 Å². The standard InChI is InChI=1S/C13H24N2OS/c1-12(2,16-3)5-8-15-9-6-13(11-14,17-4)7-10-15/h5-10H2,1-4H3. The zero-order valence-electron chi connectivity index (χ0n) is 11.5. The first-order valence-corrected chi connectivity index (χ1v) is 7.43. The summed E-state index contributed by atoms with van der Waals surface area (Å²) in [7, 11) is 1.77. The van der Waals surface area contributed by atoms with Gasteiger partial charge in [0.15, 0.2) is 0 Å². The van der Waals surface area contributed by atoms with E-state index in [1.807, 2.05) is 6.26 Å². The van der Waals surface area contributed by atoms with E-state index in [1.165, 1.54) is 0 Å². The molecule has 0 unspecified atom stereocenters. The Labute approximate surface area is 110 Å². The van der Waals surface area contributed by atoms with Gasteiger partial charge < -0.3 is 9.64 Å². The lowest BCUT2D eigenvalue weighted by Crippen LogP contribution is -2.43. The molecule has 0 aromatic heterocycles. The first kappa shape index (κ1) is 14.8. The van der Waals surface area contributed by atoms with Crippen molar-refractivity contribution in [2.75, 3.05) is 33.0 Å². The molecule has 0 saturated carbocycles. The van der Waals surface area contributed by atoms with Crippen LogP contribution in [0, 0.1) is 11.3 Å². The van der Waals surface area contributed by atoms with Crippen LogP contribution in [0.15, 0.2) is 0 Å². The Bertz CT molecular complexity index is 278. The molecular weight excluding hydrogens is 232 g/mol. The molecule has 0 N–H and O–H groups in total. The molecule has 3 nitrogen and oxygen atoms in total. The quantitative estimate of drug-likeness (QED) is 0.757. The third-order valence-electron chi connectivity index (χ3n) is 3.84. The zero-order chi connectivity index (χ0) is 12.9. The van der Waals surface area contributed by atoms with Crippen LogP contribution in [-0.2, 0) is 4.74 Å². The van der Waals surface area contributed by atoms with Gasteiger partial charge in [-0.3, -0.25) is 0 Å². The highest BCUT2D eigenvalue weighted by Gasteiger charge is 2.34. The third kappa shape index (κ3) is 4.17. The number of thioether (sulfide) groups is 1. The van der Waals surface area contributed by atoms with E-state index in [2.05, 4.69) is 24.8 Å². The summed E-state index contributed by atoms with van der Waals surface area (Å²) >= 11 is 1.71. The minimum absolute atomic E-state index is 0.0384. The Morgan fingerprint density at radius 3 is 2.41 bits per heavy atom. The number of nitriles is 1. The van der Waals surface area contributed by atoms with Crippen LogP contribution in [0.25, 0.3) is 0 Å². The predicted octanol–water partition coefficient (Wildman–Crippen LogP) is 2.52. The molecule has 1 fully saturated rings. The predicted molar refractivity (Wildman–Crippen MR) is 73.2 cm³/mol. The highest BCUT2D eigenvalue weighted by Crippen LogP contribution is 2.33. The average molecular weight is 256 g/mol. The van der Waals surface area contributed by atoms with E-state index >= 15 is 0 Å². The minimum atomic E-state index is -0.132. The maximum Gasteiger partial charge on any atom is 0.104 e. The Balaban J connectivity index is 2.36. The number of ether oxygens (including phenoxy) is 1. The van der Waals surface area contributed by atoms with Crippen molar-refractivity contribution >= 4 is 11.8 Å². The lowest BCUT2D eigenvalue weighted by Gasteiger charge is -2.37. The second-order valence-corrected chi connectivity index (χ2v) is 6.56. The van der Waals surface area contributed by atoms with Gasteiger partial charge in [-0.25, -0.2) is 0 Å². The molecule has 0 aromatic rings. The number of methoxy groups -OCH3 is 1. The number of rotatable bonds is 5. The maximum absolute atomic E-state index is 9.22. The number of hydrogen-bond acceptors (Lipinski definition) is 4. The molecule has 0 atom stereocenters. The fourth-order valence-corrected chi connectivity index (χ4v) is 2.71.